The number of rotatable bonds is 5. The number of aromatic nitrogens is 2. The molecule has 0 fully saturated rings. The first kappa shape index (κ1) is 20.2. The van der Waals surface area contributed by atoms with E-state index in [2.05, 4.69) is 28.8 Å². The van der Waals surface area contributed by atoms with Crippen molar-refractivity contribution in [1.82, 2.24) is 9.38 Å². The third kappa shape index (κ3) is 4.10. The van der Waals surface area contributed by atoms with Crippen LogP contribution in [-0.4, -0.2) is 15.3 Å². The molecule has 5 heteroatoms. The second-order valence-electron chi connectivity index (χ2n) is 7.66. The largest absolute Gasteiger partial charge is 0.326 e. The fraction of sp³-hybridized carbons (Fsp3) is 0.200. The normalized spacial score (nSPS) is 11.1. The highest BCUT2D eigenvalue weighted by atomic mass is 35.5. The van der Waals surface area contributed by atoms with Crippen molar-refractivity contribution in [3.63, 3.8) is 0 Å². The number of hydrogen-bond acceptors (Lipinski definition) is 2. The molecule has 4 aromatic rings. The molecule has 0 aliphatic rings. The molecule has 30 heavy (non-hydrogen) atoms. The maximum atomic E-state index is 12.8. The minimum atomic E-state index is -0.00186. The molecule has 2 heterocycles. The molecule has 0 saturated heterocycles. The van der Waals surface area contributed by atoms with Crippen LogP contribution in [0.1, 0.15) is 28.8 Å². The Labute approximate surface area is 181 Å². The van der Waals surface area contributed by atoms with Gasteiger partial charge in [-0.25, -0.2) is 4.98 Å². The first-order chi connectivity index (χ1) is 14.4. The van der Waals surface area contributed by atoms with Crippen molar-refractivity contribution in [3.05, 3.63) is 88.2 Å². The highest BCUT2D eigenvalue weighted by Gasteiger charge is 2.16. The van der Waals surface area contributed by atoms with Gasteiger partial charge >= 0.3 is 0 Å². The number of carbonyl (C=O) groups excluding carboxylic acids is 1. The first-order valence-electron chi connectivity index (χ1n) is 10.0. The number of aryl methyl sites for hydroxylation is 4. The number of halogens is 1. The zero-order valence-corrected chi connectivity index (χ0v) is 18.1. The molecule has 0 aliphatic heterocycles. The van der Waals surface area contributed by atoms with Gasteiger partial charge in [0.1, 0.15) is 5.65 Å². The standard InChI is InChI=1S/C25H24ClN3O/c1-16-14-17(2)24(18(3)15-16)28-23(30)12-11-21-25(19-7-9-20(26)10-8-19)27-22-6-4-5-13-29(21)22/h4-10,13-15H,11-12H2,1-3H3,(H,28,30). The van der Waals surface area contributed by atoms with Crippen LogP contribution in [0.2, 0.25) is 5.02 Å². The van der Waals surface area contributed by atoms with E-state index >= 15 is 0 Å². The summed E-state index contributed by atoms with van der Waals surface area (Å²) < 4.78 is 2.06. The van der Waals surface area contributed by atoms with Crippen LogP contribution in [0.25, 0.3) is 16.9 Å². The zero-order valence-electron chi connectivity index (χ0n) is 17.4. The van der Waals surface area contributed by atoms with Gasteiger partial charge in [0.05, 0.1) is 11.4 Å². The Morgan fingerprint density at radius 3 is 2.43 bits per heavy atom. The van der Waals surface area contributed by atoms with Crippen molar-refractivity contribution in [3.8, 4) is 11.3 Å². The van der Waals surface area contributed by atoms with Crippen LogP contribution >= 0.6 is 11.6 Å². The second kappa shape index (κ2) is 8.33. The maximum Gasteiger partial charge on any atom is 0.224 e. The molecule has 1 N–H and O–H groups in total. The van der Waals surface area contributed by atoms with E-state index in [0.717, 1.165) is 39.4 Å². The smallest absolute Gasteiger partial charge is 0.224 e. The van der Waals surface area contributed by atoms with Gasteiger partial charge in [-0.3, -0.25) is 4.79 Å². The molecule has 0 saturated carbocycles. The zero-order chi connectivity index (χ0) is 21.3. The van der Waals surface area contributed by atoms with Gasteiger partial charge in [0, 0.05) is 28.9 Å². The Morgan fingerprint density at radius 1 is 1.03 bits per heavy atom. The fourth-order valence-corrected chi connectivity index (χ4v) is 4.06. The van der Waals surface area contributed by atoms with Crippen LogP contribution in [0, 0.1) is 20.8 Å². The number of benzene rings is 2. The van der Waals surface area contributed by atoms with E-state index in [4.69, 9.17) is 16.6 Å². The molecule has 2 aromatic carbocycles. The molecule has 0 unspecified atom stereocenters. The van der Waals surface area contributed by atoms with Crippen molar-refractivity contribution in [2.24, 2.45) is 0 Å². The van der Waals surface area contributed by atoms with Crippen molar-refractivity contribution >= 4 is 28.8 Å². The van der Waals surface area contributed by atoms with E-state index < -0.39 is 0 Å². The summed E-state index contributed by atoms with van der Waals surface area (Å²) >= 11 is 6.05. The fourth-order valence-electron chi connectivity index (χ4n) is 3.94. The Kier molecular flexibility index (Phi) is 5.60. The van der Waals surface area contributed by atoms with Gasteiger partial charge in [-0.1, -0.05) is 47.5 Å². The third-order valence-corrected chi connectivity index (χ3v) is 5.53. The summed E-state index contributed by atoms with van der Waals surface area (Å²) in [4.78, 5) is 17.6. The summed E-state index contributed by atoms with van der Waals surface area (Å²) in [6, 6.07) is 17.7. The summed E-state index contributed by atoms with van der Waals surface area (Å²) in [5.74, 6) is -0.00186. The van der Waals surface area contributed by atoms with E-state index in [0.29, 0.717) is 17.9 Å². The minimum absolute atomic E-state index is 0.00186. The third-order valence-electron chi connectivity index (χ3n) is 5.28. The van der Waals surface area contributed by atoms with Gasteiger partial charge in [-0.15, -0.1) is 0 Å². The number of anilines is 1. The topological polar surface area (TPSA) is 46.4 Å². The predicted octanol–water partition coefficient (Wildman–Crippen LogP) is 6.15. The van der Waals surface area contributed by atoms with Crippen LogP contribution in [-0.2, 0) is 11.2 Å². The molecule has 4 rings (SSSR count). The number of hydrogen-bond donors (Lipinski definition) is 1. The number of amides is 1. The lowest BCUT2D eigenvalue weighted by Gasteiger charge is -2.13. The first-order valence-corrected chi connectivity index (χ1v) is 10.4. The Hall–Kier alpha value is -3.11. The number of carbonyl (C=O) groups is 1. The molecule has 0 aliphatic carbocycles. The van der Waals surface area contributed by atoms with Gasteiger partial charge < -0.3 is 9.72 Å². The van der Waals surface area contributed by atoms with Crippen molar-refractivity contribution in [1.29, 1.82) is 0 Å². The van der Waals surface area contributed by atoms with Crippen molar-refractivity contribution in [2.45, 2.75) is 33.6 Å². The number of nitrogens with zero attached hydrogens (tertiary/aromatic N) is 2. The Bertz CT molecular complexity index is 1200. The molecule has 0 bridgehead atoms. The predicted molar refractivity (Wildman–Crippen MR) is 123 cm³/mol. The molecule has 0 spiro atoms. The van der Waals surface area contributed by atoms with E-state index in [1.165, 1.54) is 5.56 Å². The molecular weight excluding hydrogens is 394 g/mol. The molecule has 1 amide bonds. The van der Waals surface area contributed by atoms with Crippen LogP contribution in [0.15, 0.2) is 60.8 Å². The van der Waals surface area contributed by atoms with Crippen molar-refractivity contribution in [2.75, 3.05) is 5.32 Å². The lowest BCUT2D eigenvalue weighted by atomic mass is 10.0. The van der Waals surface area contributed by atoms with E-state index in [-0.39, 0.29) is 5.91 Å². The lowest BCUT2D eigenvalue weighted by molar-refractivity contribution is -0.116. The highest BCUT2D eigenvalue weighted by molar-refractivity contribution is 6.30. The van der Waals surface area contributed by atoms with Gasteiger partial charge in [-0.05, 0) is 62.6 Å². The van der Waals surface area contributed by atoms with Gasteiger partial charge in [0.25, 0.3) is 0 Å². The second-order valence-corrected chi connectivity index (χ2v) is 8.10. The number of imidazole rings is 1. The van der Waals surface area contributed by atoms with Gasteiger partial charge in [0.15, 0.2) is 0 Å². The van der Waals surface area contributed by atoms with E-state index in [9.17, 15) is 4.79 Å². The highest BCUT2D eigenvalue weighted by Crippen LogP contribution is 2.27. The lowest BCUT2D eigenvalue weighted by Crippen LogP contribution is -2.15. The molecule has 0 radical (unpaired) electrons. The average molecular weight is 418 g/mol. The Morgan fingerprint density at radius 2 is 1.73 bits per heavy atom. The van der Waals surface area contributed by atoms with Gasteiger partial charge in [0.2, 0.25) is 5.91 Å². The van der Waals surface area contributed by atoms with Crippen molar-refractivity contribution < 1.29 is 4.79 Å². The summed E-state index contributed by atoms with van der Waals surface area (Å²) in [7, 11) is 0. The number of fused-ring (bicyclic) bond motifs is 1. The quantitative estimate of drug-likeness (QED) is 0.423. The summed E-state index contributed by atoms with van der Waals surface area (Å²) in [6.07, 6.45) is 2.94. The molecule has 4 nitrogen and oxygen atoms in total. The number of pyridine rings is 1. The molecule has 0 atom stereocenters. The van der Waals surface area contributed by atoms with Crippen LogP contribution in [0.4, 0.5) is 5.69 Å². The summed E-state index contributed by atoms with van der Waals surface area (Å²) in [6.45, 7) is 6.12. The van der Waals surface area contributed by atoms with Crippen LogP contribution in [0.5, 0.6) is 0 Å². The summed E-state index contributed by atoms with van der Waals surface area (Å²) in [5.41, 5.74) is 8.01. The van der Waals surface area contributed by atoms with E-state index in [1.54, 1.807) is 0 Å². The van der Waals surface area contributed by atoms with Crippen LogP contribution in [0.3, 0.4) is 0 Å². The molecular formula is C25H24ClN3O. The average Bonchev–Trinajstić information content (AvgIpc) is 3.08. The maximum absolute atomic E-state index is 12.8. The number of nitrogens with one attached hydrogen (secondary N) is 1. The van der Waals surface area contributed by atoms with E-state index in [1.807, 2.05) is 62.5 Å². The molecule has 152 valence electrons. The van der Waals surface area contributed by atoms with Crippen LogP contribution < -0.4 is 5.32 Å². The minimum Gasteiger partial charge on any atom is -0.326 e. The Balaban J connectivity index is 1.60. The summed E-state index contributed by atoms with van der Waals surface area (Å²) in [5, 5.41) is 3.78. The SMILES string of the molecule is Cc1cc(C)c(NC(=O)CCc2c(-c3ccc(Cl)cc3)nc3ccccn23)c(C)c1. The molecule has 2 aromatic heterocycles. The monoisotopic (exact) mass is 417 g/mol. The van der Waals surface area contributed by atoms with Gasteiger partial charge in [-0.2, -0.15) is 0 Å².